The van der Waals surface area contributed by atoms with Crippen LogP contribution in [0.4, 0.5) is 0 Å². The van der Waals surface area contributed by atoms with Crippen molar-refractivity contribution in [2.75, 3.05) is 19.8 Å². The third-order valence-electron chi connectivity index (χ3n) is 2.90. The SMILES string of the molecule is CCNC1COCC1C(=O)N[C@@H](CC(N)=O)C(=O)O. The fourth-order valence-electron chi connectivity index (χ4n) is 1.96. The number of carboxylic acids is 1. The number of likely N-dealkylation sites (N-methyl/N-ethyl adjacent to an activating group) is 1. The Kier molecular flexibility index (Phi) is 5.71. The predicted octanol–water partition coefficient (Wildman–Crippen LogP) is -1.94. The molecule has 0 aliphatic carbocycles. The van der Waals surface area contributed by atoms with Crippen LogP contribution in [0.3, 0.4) is 0 Å². The van der Waals surface area contributed by atoms with Crippen molar-refractivity contribution in [2.45, 2.75) is 25.4 Å². The third kappa shape index (κ3) is 4.49. The van der Waals surface area contributed by atoms with E-state index < -0.39 is 36.2 Å². The van der Waals surface area contributed by atoms with Gasteiger partial charge in [-0.05, 0) is 6.54 Å². The van der Waals surface area contributed by atoms with Crippen LogP contribution >= 0.6 is 0 Å². The number of hydrogen-bond acceptors (Lipinski definition) is 5. The lowest BCUT2D eigenvalue weighted by Crippen LogP contribution is -2.50. The number of hydrogen-bond donors (Lipinski definition) is 4. The summed E-state index contributed by atoms with van der Waals surface area (Å²) in [6.07, 6.45) is -0.430. The molecule has 1 fully saturated rings. The van der Waals surface area contributed by atoms with Crippen LogP contribution in [-0.2, 0) is 19.1 Å². The molecule has 8 nitrogen and oxygen atoms in total. The number of rotatable bonds is 7. The van der Waals surface area contributed by atoms with E-state index in [0.29, 0.717) is 13.2 Å². The molecule has 1 rings (SSSR count). The van der Waals surface area contributed by atoms with Crippen LogP contribution in [0.25, 0.3) is 0 Å². The Labute approximate surface area is 110 Å². The van der Waals surface area contributed by atoms with Crippen molar-refractivity contribution in [1.29, 1.82) is 0 Å². The van der Waals surface area contributed by atoms with Crippen molar-refractivity contribution in [2.24, 2.45) is 11.7 Å². The fourth-order valence-corrected chi connectivity index (χ4v) is 1.96. The number of carboxylic acid groups (broad SMARTS) is 1. The predicted molar refractivity (Wildman–Crippen MR) is 65.2 cm³/mol. The van der Waals surface area contributed by atoms with E-state index in [1.54, 1.807) is 0 Å². The number of amides is 2. The molecule has 0 radical (unpaired) electrons. The highest BCUT2D eigenvalue weighted by atomic mass is 16.5. The van der Waals surface area contributed by atoms with E-state index in [-0.39, 0.29) is 12.6 Å². The van der Waals surface area contributed by atoms with Crippen LogP contribution in [-0.4, -0.2) is 54.7 Å². The summed E-state index contributed by atoms with van der Waals surface area (Å²) in [7, 11) is 0. The average Bonchev–Trinajstić information content (AvgIpc) is 2.76. The minimum Gasteiger partial charge on any atom is -0.480 e. The van der Waals surface area contributed by atoms with Crippen LogP contribution in [0.1, 0.15) is 13.3 Å². The lowest BCUT2D eigenvalue weighted by Gasteiger charge is -2.20. The maximum absolute atomic E-state index is 12.0. The zero-order valence-electron chi connectivity index (χ0n) is 10.7. The summed E-state index contributed by atoms with van der Waals surface area (Å²) in [4.78, 5) is 33.7. The zero-order chi connectivity index (χ0) is 14.4. The van der Waals surface area contributed by atoms with E-state index in [2.05, 4.69) is 10.6 Å². The summed E-state index contributed by atoms with van der Waals surface area (Å²) in [5.41, 5.74) is 4.94. The summed E-state index contributed by atoms with van der Waals surface area (Å²) in [6, 6.07) is -1.44. The van der Waals surface area contributed by atoms with Gasteiger partial charge in [-0.3, -0.25) is 9.59 Å². The van der Waals surface area contributed by atoms with E-state index in [1.807, 2.05) is 6.92 Å². The molecule has 19 heavy (non-hydrogen) atoms. The van der Waals surface area contributed by atoms with Gasteiger partial charge in [-0.25, -0.2) is 4.79 Å². The number of nitrogens with two attached hydrogens (primary N) is 1. The number of carbonyl (C=O) groups excluding carboxylic acids is 2. The topological polar surface area (TPSA) is 131 Å². The highest BCUT2D eigenvalue weighted by Crippen LogP contribution is 2.14. The largest absolute Gasteiger partial charge is 0.480 e. The molecule has 1 heterocycles. The Morgan fingerprint density at radius 3 is 2.63 bits per heavy atom. The van der Waals surface area contributed by atoms with Gasteiger partial charge in [-0.15, -0.1) is 0 Å². The number of aliphatic carboxylic acids is 1. The Morgan fingerprint density at radius 1 is 1.42 bits per heavy atom. The summed E-state index contributed by atoms with van der Waals surface area (Å²) >= 11 is 0. The molecule has 108 valence electrons. The highest BCUT2D eigenvalue weighted by molar-refractivity contribution is 5.89. The minimum atomic E-state index is -1.30. The standard InChI is InChI=1S/C11H19N3O5/c1-2-13-8-5-19-4-6(8)10(16)14-7(11(17)18)3-9(12)15/h6-8,13H,2-5H2,1H3,(H2,12,15)(H,14,16)(H,17,18)/t6?,7-,8?/m0/s1. The smallest absolute Gasteiger partial charge is 0.326 e. The Morgan fingerprint density at radius 2 is 2.11 bits per heavy atom. The molecule has 1 aliphatic rings. The van der Waals surface area contributed by atoms with Crippen molar-refractivity contribution >= 4 is 17.8 Å². The molecule has 2 unspecified atom stereocenters. The summed E-state index contributed by atoms with van der Waals surface area (Å²) in [5.74, 6) is -2.98. The fraction of sp³-hybridized carbons (Fsp3) is 0.727. The van der Waals surface area contributed by atoms with Crippen LogP contribution in [0, 0.1) is 5.92 Å². The molecule has 0 aromatic carbocycles. The van der Waals surface area contributed by atoms with Gasteiger partial charge in [0.15, 0.2) is 0 Å². The van der Waals surface area contributed by atoms with Gasteiger partial charge in [-0.1, -0.05) is 6.92 Å². The number of nitrogens with one attached hydrogen (secondary N) is 2. The molecule has 3 atom stereocenters. The van der Waals surface area contributed by atoms with Crippen molar-refractivity contribution in [3.05, 3.63) is 0 Å². The van der Waals surface area contributed by atoms with Gasteiger partial charge in [0.1, 0.15) is 6.04 Å². The molecule has 0 saturated carbocycles. The summed E-state index contributed by atoms with van der Waals surface area (Å²) in [5, 5.41) is 14.3. The molecule has 0 bridgehead atoms. The summed E-state index contributed by atoms with van der Waals surface area (Å²) in [6.45, 7) is 3.22. The molecule has 0 spiro atoms. The first-order valence-electron chi connectivity index (χ1n) is 6.08. The van der Waals surface area contributed by atoms with Crippen LogP contribution < -0.4 is 16.4 Å². The second kappa shape index (κ2) is 7.05. The Hall–Kier alpha value is -1.67. The van der Waals surface area contributed by atoms with E-state index in [4.69, 9.17) is 15.6 Å². The van der Waals surface area contributed by atoms with Crippen molar-refractivity contribution in [3.63, 3.8) is 0 Å². The second-order valence-electron chi connectivity index (χ2n) is 4.38. The molecule has 1 saturated heterocycles. The lowest BCUT2D eigenvalue weighted by atomic mass is 10.0. The average molecular weight is 273 g/mol. The molecule has 1 aliphatic heterocycles. The van der Waals surface area contributed by atoms with E-state index in [1.165, 1.54) is 0 Å². The van der Waals surface area contributed by atoms with E-state index in [9.17, 15) is 14.4 Å². The van der Waals surface area contributed by atoms with Gasteiger partial charge < -0.3 is 26.2 Å². The van der Waals surface area contributed by atoms with Gasteiger partial charge in [0.05, 0.1) is 25.6 Å². The van der Waals surface area contributed by atoms with Crippen LogP contribution in [0.5, 0.6) is 0 Å². The van der Waals surface area contributed by atoms with E-state index in [0.717, 1.165) is 0 Å². The van der Waals surface area contributed by atoms with Gasteiger partial charge in [0.2, 0.25) is 11.8 Å². The van der Waals surface area contributed by atoms with Gasteiger partial charge in [-0.2, -0.15) is 0 Å². The number of carbonyl (C=O) groups is 3. The zero-order valence-corrected chi connectivity index (χ0v) is 10.7. The third-order valence-corrected chi connectivity index (χ3v) is 2.90. The van der Waals surface area contributed by atoms with Crippen molar-refractivity contribution in [1.82, 2.24) is 10.6 Å². The number of primary amides is 1. The minimum absolute atomic E-state index is 0.145. The molecule has 5 N–H and O–H groups in total. The molecular formula is C11H19N3O5. The first-order chi connectivity index (χ1) is 8.95. The molecular weight excluding hydrogens is 254 g/mol. The van der Waals surface area contributed by atoms with Gasteiger partial charge in [0.25, 0.3) is 0 Å². The number of ether oxygens (including phenoxy) is 1. The maximum Gasteiger partial charge on any atom is 0.326 e. The highest BCUT2D eigenvalue weighted by Gasteiger charge is 2.35. The normalized spacial score (nSPS) is 23.8. The van der Waals surface area contributed by atoms with Gasteiger partial charge in [0, 0.05) is 6.04 Å². The van der Waals surface area contributed by atoms with Crippen molar-refractivity contribution < 1.29 is 24.2 Å². The quantitative estimate of drug-likeness (QED) is 0.426. The lowest BCUT2D eigenvalue weighted by molar-refractivity contribution is -0.144. The Balaban J connectivity index is 2.60. The molecule has 0 aromatic heterocycles. The van der Waals surface area contributed by atoms with E-state index >= 15 is 0 Å². The van der Waals surface area contributed by atoms with Gasteiger partial charge >= 0.3 is 5.97 Å². The molecule has 2 amide bonds. The second-order valence-corrected chi connectivity index (χ2v) is 4.38. The molecule has 8 heteroatoms. The first-order valence-corrected chi connectivity index (χ1v) is 6.08. The van der Waals surface area contributed by atoms with Crippen LogP contribution in [0.15, 0.2) is 0 Å². The van der Waals surface area contributed by atoms with Crippen molar-refractivity contribution in [3.8, 4) is 0 Å². The summed E-state index contributed by atoms with van der Waals surface area (Å²) < 4.78 is 5.20. The maximum atomic E-state index is 12.0. The Bertz CT molecular complexity index is 360. The monoisotopic (exact) mass is 273 g/mol. The molecule has 0 aromatic rings. The first kappa shape index (κ1) is 15.4. The van der Waals surface area contributed by atoms with Crippen LogP contribution in [0.2, 0.25) is 0 Å².